The molecule has 3 heteroatoms. The topological polar surface area (TPSA) is 50.9 Å². The molecule has 0 fully saturated rings. The Hall–Kier alpha value is -1.71. The van der Waals surface area contributed by atoms with Gasteiger partial charge in [0.25, 0.3) is 0 Å². The summed E-state index contributed by atoms with van der Waals surface area (Å²) in [7, 11) is 0. The largest absolute Gasteiger partial charge is 0.271 e. The quantitative estimate of drug-likeness (QED) is 0.669. The summed E-state index contributed by atoms with van der Waals surface area (Å²) in [5, 5.41) is 0. The van der Waals surface area contributed by atoms with E-state index >= 15 is 0 Å². The van der Waals surface area contributed by atoms with E-state index in [4.69, 9.17) is 5.84 Å². The number of pyridine rings is 1. The summed E-state index contributed by atoms with van der Waals surface area (Å²) in [5.41, 5.74) is 8.37. The van der Waals surface area contributed by atoms with E-state index in [1.165, 1.54) is 28.8 Å². The highest BCUT2D eigenvalue weighted by Gasteiger charge is 2.28. The zero-order chi connectivity index (χ0) is 14.7. The van der Waals surface area contributed by atoms with Crippen molar-refractivity contribution in [2.24, 2.45) is 5.84 Å². The van der Waals surface area contributed by atoms with Crippen LogP contribution in [-0.2, 0) is 12.8 Å². The normalized spacial score (nSPS) is 19.0. The van der Waals surface area contributed by atoms with Gasteiger partial charge in [0, 0.05) is 23.9 Å². The minimum absolute atomic E-state index is 0.236. The van der Waals surface area contributed by atoms with Crippen LogP contribution in [0, 0.1) is 6.92 Å². The van der Waals surface area contributed by atoms with Crippen LogP contribution in [0.5, 0.6) is 0 Å². The molecule has 0 bridgehead atoms. The number of fused-ring (bicyclic) bond motifs is 1. The van der Waals surface area contributed by atoms with Crippen LogP contribution in [-0.4, -0.2) is 11.0 Å². The number of benzene rings is 1. The van der Waals surface area contributed by atoms with Crippen molar-refractivity contribution in [1.82, 2.24) is 10.4 Å². The standard InChI is InChI=1S/C18H23N3/c1-13-6-2-3-7-15(13)12-17(21-19)16-10-4-8-14-9-5-11-20-18(14)16/h2-3,5-7,9,11,16-17,21H,4,8,10,12,19H2,1H3. The van der Waals surface area contributed by atoms with Crippen LogP contribution in [0.1, 0.15) is 41.1 Å². The van der Waals surface area contributed by atoms with Gasteiger partial charge in [-0.25, -0.2) is 0 Å². The number of nitrogens with two attached hydrogens (primary N) is 1. The second-order valence-electron chi connectivity index (χ2n) is 5.95. The maximum Gasteiger partial charge on any atom is 0.0482 e. The SMILES string of the molecule is Cc1ccccc1CC(NN)C1CCCc2cccnc21. The molecule has 1 aromatic heterocycles. The lowest BCUT2D eigenvalue weighted by Gasteiger charge is -2.31. The molecule has 0 radical (unpaired) electrons. The zero-order valence-electron chi connectivity index (χ0n) is 12.5. The predicted molar refractivity (Wildman–Crippen MR) is 85.9 cm³/mol. The molecule has 21 heavy (non-hydrogen) atoms. The molecule has 110 valence electrons. The number of aromatic nitrogens is 1. The molecule has 0 amide bonds. The highest BCUT2D eigenvalue weighted by molar-refractivity contribution is 5.30. The fraction of sp³-hybridized carbons (Fsp3) is 0.389. The van der Waals surface area contributed by atoms with Gasteiger partial charge < -0.3 is 0 Å². The highest BCUT2D eigenvalue weighted by atomic mass is 15.2. The van der Waals surface area contributed by atoms with E-state index in [1.54, 1.807) is 0 Å². The van der Waals surface area contributed by atoms with Crippen LogP contribution < -0.4 is 11.3 Å². The minimum Gasteiger partial charge on any atom is -0.271 e. The summed E-state index contributed by atoms with van der Waals surface area (Å²) in [4.78, 5) is 4.64. The first-order valence-electron chi connectivity index (χ1n) is 7.74. The maximum absolute atomic E-state index is 5.88. The monoisotopic (exact) mass is 281 g/mol. The summed E-state index contributed by atoms with van der Waals surface area (Å²) in [6.07, 6.45) is 6.36. The molecule has 1 aromatic carbocycles. The third-order valence-corrected chi connectivity index (χ3v) is 4.64. The Kier molecular flexibility index (Phi) is 4.32. The smallest absolute Gasteiger partial charge is 0.0482 e. The van der Waals surface area contributed by atoms with E-state index in [2.05, 4.69) is 47.7 Å². The third kappa shape index (κ3) is 2.99. The molecule has 1 heterocycles. The zero-order valence-corrected chi connectivity index (χ0v) is 12.5. The number of nitrogens with one attached hydrogen (secondary N) is 1. The van der Waals surface area contributed by atoms with Crippen molar-refractivity contribution in [3.63, 3.8) is 0 Å². The fourth-order valence-electron chi connectivity index (χ4n) is 3.43. The van der Waals surface area contributed by atoms with Crippen molar-refractivity contribution in [1.29, 1.82) is 0 Å². The number of aryl methyl sites for hydroxylation is 2. The number of nitrogens with zero attached hydrogens (tertiary/aromatic N) is 1. The lowest BCUT2D eigenvalue weighted by molar-refractivity contribution is 0.387. The van der Waals surface area contributed by atoms with Gasteiger partial charge in [0.05, 0.1) is 0 Å². The van der Waals surface area contributed by atoms with Crippen molar-refractivity contribution in [2.45, 2.75) is 44.6 Å². The Morgan fingerprint density at radius 1 is 1.29 bits per heavy atom. The predicted octanol–water partition coefficient (Wildman–Crippen LogP) is 2.88. The minimum atomic E-state index is 0.236. The Labute approximate surface area is 126 Å². The summed E-state index contributed by atoms with van der Waals surface area (Å²) in [6.45, 7) is 2.16. The first-order chi connectivity index (χ1) is 10.3. The molecule has 1 aliphatic rings. The maximum atomic E-state index is 5.88. The molecule has 1 aliphatic carbocycles. The Balaban J connectivity index is 1.86. The molecule has 3 nitrogen and oxygen atoms in total. The van der Waals surface area contributed by atoms with Gasteiger partial charge in [-0.2, -0.15) is 0 Å². The van der Waals surface area contributed by atoms with Crippen molar-refractivity contribution >= 4 is 0 Å². The van der Waals surface area contributed by atoms with Gasteiger partial charge in [0.15, 0.2) is 0 Å². The van der Waals surface area contributed by atoms with Gasteiger partial charge in [-0.15, -0.1) is 0 Å². The number of hydrogen-bond donors (Lipinski definition) is 2. The summed E-state index contributed by atoms with van der Waals surface area (Å²) >= 11 is 0. The van der Waals surface area contributed by atoms with Crippen LogP contribution in [0.2, 0.25) is 0 Å². The number of hydrazine groups is 1. The van der Waals surface area contributed by atoms with Gasteiger partial charge in [0.2, 0.25) is 0 Å². The molecule has 0 aliphatic heterocycles. The molecule has 0 saturated carbocycles. The molecule has 2 atom stereocenters. The van der Waals surface area contributed by atoms with Crippen LogP contribution in [0.4, 0.5) is 0 Å². The first kappa shape index (κ1) is 14.2. The number of rotatable bonds is 4. The van der Waals surface area contributed by atoms with E-state index < -0.39 is 0 Å². The fourth-order valence-corrected chi connectivity index (χ4v) is 3.43. The third-order valence-electron chi connectivity index (χ3n) is 4.64. The lowest BCUT2D eigenvalue weighted by Crippen LogP contribution is -2.42. The van der Waals surface area contributed by atoms with Gasteiger partial charge in [-0.05, 0) is 55.4 Å². The van der Waals surface area contributed by atoms with E-state index in [9.17, 15) is 0 Å². The van der Waals surface area contributed by atoms with E-state index in [1.807, 2.05) is 12.3 Å². The summed E-state index contributed by atoms with van der Waals surface area (Å²) in [6, 6.07) is 13.0. The molecule has 0 spiro atoms. The van der Waals surface area contributed by atoms with E-state index in [0.717, 1.165) is 19.3 Å². The number of hydrogen-bond acceptors (Lipinski definition) is 3. The van der Waals surface area contributed by atoms with Crippen molar-refractivity contribution in [3.05, 3.63) is 65.0 Å². The van der Waals surface area contributed by atoms with Gasteiger partial charge in [-0.1, -0.05) is 30.3 Å². The Bertz CT molecular complexity index is 609. The second kappa shape index (κ2) is 6.37. The summed E-state index contributed by atoms with van der Waals surface area (Å²) in [5.74, 6) is 6.28. The van der Waals surface area contributed by atoms with Gasteiger partial charge in [-0.3, -0.25) is 16.3 Å². The van der Waals surface area contributed by atoms with Crippen LogP contribution in [0.25, 0.3) is 0 Å². The second-order valence-corrected chi connectivity index (χ2v) is 5.95. The average molecular weight is 281 g/mol. The molecular formula is C18H23N3. The van der Waals surface area contributed by atoms with Gasteiger partial charge >= 0.3 is 0 Å². The molecule has 3 N–H and O–H groups in total. The molecule has 2 aromatic rings. The summed E-state index contributed by atoms with van der Waals surface area (Å²) < 4.78 is 0. The van der Waals surface area contributed by atoms with Crippen LogP contribution in [0.15, 0.2) is 42.6 Å². The molecular weight excluding hydrogens is 258 g/mol. The molecule has 0 saturated heterocycles. The lowest BCUT2D eigenvalue weighted by atomic mass is 9.80. The van der Waals surface area contributed by atoms with Crippen LogP contribution >= 0.6 is 0 Å². The van der Waals surface area contributed by atoms with E-state index in [-0.39, 0.29) is 6.04 Å². The van der Waals surface area contributed by atoms with Crippen LogP contribution in [0.3, 0.4) is 0 Å². The Morgan fingerprint density at radius 2 is 2.14 bits per heavy atom. The van der Waals surface area contributed by atoms with Crippen molar-refractivity contribution < 1.29 is 0 Å². The average Bonchev–Trinajstić information content (AvgIpc) is 2.54. The Morgan fingerprint density at radius 3 is 2.95 bits per heavy atom. The first-order valence-corrected chi connectivity index (χ1v) is 7.74. The van der Waals surface area contributed by atoms with E-state index in [0.29, 0.717) is 5.92 Å². The molecule has 3 rings (SSSR count). The highest BCUT2D eigenvalue weighted by Crippen LogP contribution is 2.33. The van der Waals surface area contributed by atoms with Crippen molar-refractivity contribution in [3.8, 4) is 0 Å². The molecule has 2 unspecified atom stereocenters. The van der Waals surface area contributed by atoms with Crippen molar-refractivity contribution in [2.75, 3.05) is 0 Å². The van der Waals surface area contributed by atoms with Gasteiger partial charge in [0.1, 0.15) is 0 Å².